The molecule has 1 aliphatic heterocycles. The molecular weight excluding hydrogens is 470 g/mol. The molecule has 1 aromatic heterocycles. The number of benzene rings is 1. The molecule has 0 aliphatic carbocycles. The van der Waals surface area contributed by atoms with Gasteiger partial charge in [0.05, 0.1) is 37.0 Å². The van der Waals surface area contributed by atoms with E-state index in [4.69, 9.17) is 21.1 Å². The first-order chi connectivity index (χ1) is 16.8. The summed E-state index contributed by atoms with van der Waals surface area (Å²) in [5, 5.41) is 6.59. The number of amides is 1. The van der Waals surface area contributed by atoms with Gasteiger partial charge in [-0.3, -0.25) is 4.79 Å². The van der Waals surface area contributed by atoms with Crippen molar-refractivity contribution in [3.05, 3.63) is 36.0 Å². The van der Waals surface area contributed by atoms with Crippen molar-refractivity contribution in [1.29, 1.82) is 0 Å². The second kappa shape index (κ2) is 12.6. The molecule has 1 saturated heterocycles. The molecule has 190 valence electrons. The van der Waals surface area contributed by atoms with Crippen LogP contribution in [0.25, 0.3) is 0 Å². The number of likely N-dealkylation sites (N-methyl/N-ethyl adjacent to an activating group) is 2. The molecule has 11 heteroatoms. The summed E-state index contributed by atoms with van der Waals surface area (Å²) < 4.78 is 11.2. The average Bonchev–Trinajstić information content (AvgIpc) is 3.13. The Bertz CT molecular complexity index is 1030. The van der Waals surface area contributed by atoms with Gasteiger partial charge in [0.15, 0.2) is 5.82 Å². The van der Waals surface area contributed by atoms with Gasteiger partial charge < -0.3 is 34.8 Å². The van der Waals surface area contributed by atoms with E-state index in [0.29, 0.717) is 47.1 Å². The normalized spacial score (nSPS) is 13.8. The highest BCUT2D eigenvalue weighted by Gasteiger charge is 2.19. The van der Waals surface area contributed by atoms with Gasteiger partial charge >= 0.3 is 0 Å². The Labute approximate surface area is 211 Å². The van der Waals surface area contributed by atoms with Gasteiger partial charge in [-0.15, -0.1) is 0 Å². The van der Waals surface area contributed by atoms with Crippen molar-refractivity contribution in [3.8, 4) is 5.75 Å². The predicted octanol–water partition coefficient (Wildman–Crippen LogP) is 3.23. The molecule has 0 spiro atoms. The number of ether oxygens (including phenoxy) is 2. The summed E-state index contributed by atoms with van der Waals surface area (Å²) >= 11 is 6.42. The van der Waals surface area contributed by atoms with Crippen molar-refractivity contribution in [2.24, 2.45) is 0 Å². The summed E-state index contributed by atoms with van der Waals surface area (Å²) in [4.78, 5) is 27.4. The van der Waals surface area contributed by atoms with Crippen LogP contribution in [0.3, 0.4) is 0 Å². The van der Waals surface area contributed by atoms with E-state index in [1.54, 1.807) is 19.4 Å². The van der Waals surface area contributed by atoms with Crippen LogP contribution >= 0.6 is 11.6 Å². The van der Waals surface area contributed by atoms with Crippen molar-refractivity contribution in [2.45, 2.75) is 6.42 Å². The summed E-state index contributed by atoms with van der Waals surface area (Å²) in [5.41, 5.74) is 2.02. The molecule has 1 aliphatic rings. The number of anilines is 5. The zero-order valence-electron chi connectivity index (χ0n) is 20.8. The molecule has 1 fully saturated rings. The van der Waals surface area contributed by atoms with Crippen LogP contribution in [0.2, 0.25) is 5.02 Å². The number of hydrogen-bond donors (Lipinski definition) is 2. The zero-order valence-corrected chi connectivity index (χ0v) is 21.6. The van der Waals surface area contributed by atoms with Gasteiger partial charge in [-0.05, 0) is 32.7 Å². The fraction of sp³-hybridized carbons (Fsp3) is 0.458. The average molecular weight is 504 g/mol. The van der Waals surface area contributed by atoms with Gasteiger partial charge in [0, 0.05) is 45.9 Å². The number of halogens is 1. The lowest BCUT2D eigenvalue weighted by Crippen LogP contribution is -2.29. The maximum Gasteiger partial charge on any atom is 0.247 e. The number of hydrogen-bond acceptors (Lipinski definition) is 9. The Hall–Kier alpha value is -3.08. The van der Waals surface area contributed by atoms with E-state index in [-0.39, 0.29) is 5.91 Å². The molecule has 0 bridgehead atoms. The van der Waals surface area contributed by atoms with E-state index in [1.807, 2.05) is 27.2 Å². The van der Waals surface area contributed by atoms with Crippen molar-refractivity contribution in [1.82, 2.24) is 14.9 Å². The number of rotatable bonds is 10. The second-order valence-electron chi connectivity index (χ2n) is 8.43. The number of carbonyl (C=O) groups is 1. The Balaban J connectivity index is 1.95. The van der Waals surface area contributed by atoms with Crippen LogP contribution in [0.15, 0.2) is 31.0 Å². The van der Waals surface area contributed by atoms with Crippen LogP contribution in [0.5, 0.6) is 5.75 Å². The molecule has 10 nitrogen and oxygen atoms in total. The minimum absolute atomic E-state index is 0.309. The SMILES string of the molecule is C=CC(=O)Nc1cc(Nc2ncc(Cl)c(N3CCCOCC3)n2)c(OC)cc1N(C)CCN(C)C. The summed E-state index contributed by atoms with van der Waals surface area (Å²) in [6.45, 7) is 7.99. The number of methoxy groups -OCH3 is 1. The van der Waals surface area contributed by atoms with E-state index in [0.717, 1.165) is 38.3 Å². The summed E-state index contributed by atoms with van der Waals surface area (Å²) in [7, 11) is 7.59. The molecule has 1 amide bonds. The first-order valence-electron chi connectivity index (χ1n) is 11.5. The van der Waals surface area contributed by atoms with E-state index in [9.17, 15) is 4.79 Å². The number of carbonyl (C=O) groups excluding carboxylic acids is 1. The van der Waals surface area contributed by atoms with E-state index >= 15 is 0 Å². The van der Waals surface area contributed by atoms with Gasteiger partial charge in [0.1, 0.15) is 10.8 Å². The lowest BCUT2D eigenvalue weighted by Gasteiger charge is -2.26. The van der Waals surface area contributed by atoms with Crippen LogP contribution in [0.4, 0.5) is 28.8 Å². The van der Waals surface area contributed by atoms with Crippen LogP contribution < -0.4 is 25.2 Å². The van der Waals surface area contributed by atoms with Gasteiger partial charge in [-0.25, -0.2) is 4.98 Å². The van der Waals surface area contributed by atoms with Gasteiger partial charge in [-0.1, -0.05) is 18.2 Å². The second-order valence-corrected chi connectivity index (χ2v) is 8.84. The van der Waals surface area contributed by atoms with Crippen LogP contribution in [-0.2, 0) is 9.53 Å². The maximum absolute atomic E-state index is 12.2. The molecule has 3 rings (SSSR count). The van der Waals surface area contributed by atoms with Crippen molar-refractivity contribution < 1.29 is 14.3 Å². The van der Waals surface area contributed by atoms with Crippen molar-refractivity contribution in [2.75, 3.05) is 88.1 Å². The summed E-state index contributed by atoms with van der Waals surface area (Å²) in [5.74, 6) is 1.28. The maximum atomic E-state index is 12.2. The molecule has 0 unspecified atom stereocenters. The molecule has 0 atom stereocenters. The monoisotopic (exact) mass is 503 g/mol. The highest BCUT2D eigenvalue weighted by Crippen LogP contribution is 2.38. The van der Waals surface area contributed by atoms with Crippen molar-refractivity contribution in [3.63, 3.8) is 0 Å². The minimum Gasteiger partial charge on any atom is -0.494 e. The fourth-order valence-electron chi connectivity index (χ4n) is 3.62. The summed E-state index contributed by atoms with van der Waals surface area (Å²) in [6, 6.07) is 3.68. The van der Waals surface area contributed by atoms with Crippen LogP contribution in [0.1, 0.15) is 6.42 Å². The van der Waals surface area contributed by atoms with Crippen molar-refractivity contribution >= 4 is 46.3 Å². The Morgan fingerprint density at radius 3 is 2.77 bits per heavy atom. The minimum atomic E-state index is -0.309. The van der Waals surface area contributed by atoms with Gasteiger partial charge in [0.2, 0.25) is 11.9 Å². The van der Waals surface area contributed by atoms with E-state index in [1.165, 1.54) is 6.08 Å². The zero-order chi connectivity index (χ0) is 25.4. The van der Waals surface area contributed by atoms with Crippen LogP contribution in [-0.4, -0.2) is 88.4 Å². The quantitative estimate of drug-likeness (QED) is 0.474. The van der Waals surface area contributed by atoms with Gasteiger partial charge in [-0.2, -0.15) is 4.98 Å². The predicted molar refractivity (Wildman–Crippen MR) is 142 cm³/mol. The Kier molecular flexibility index (Phi) is 9.53. The topological polar surface area (TPSA) is 95.1 Å². The molecule has 35 heavy (non-hydrogen) atoms. The molecule has 2 aromatic rings. The van der Waals surface area contributed by atoms with E-state index in [2.05, 4.69) is 41.9 Å². The molecular formula is C24H34ClN7O3. The highest BCUT2D eigenvalue weighted by molar-refractivity contribution is 6.32. The third-order valence-corrected chi connectivity index (χ3v) is 5.82. The smallest absolute Gasteiger partial charge is 0.247 e. The molecule has 1 aromatic carbocycles. The standard InChI is InChI=1S/C24H34ClN7O3/c1-6-22(33)27-18-14-19(21(34-5)15-20(18)31(4)10-9-30(2)3)28-24-26-16-17(25)23(29-24)32-8-7-12-35-13-11-32/h6,14-16H,1,7-13H2,2-5H3,(H,27,33)(H,26,28,29). The molecule has 2 heterocycles. The molecule has 2 N–H and O–H groups in total. The third kappa shape index (κ3) is 7.20. The molecule has 0 radical (unpaired) electrons. The Morgan fingerprint density at radius 1 is 1.26 bits per heavy atom. The fourth-order valence-corrected chi connectivity index (χ4v) is 3.83. The first-order valence-corrected chi connectivity index (χ1v) is 11.8. The Morgan fingerprint density at radius 2 is 2.06 bits per heavy atom. The highest BCUT2D eigenvalue weighted by atomic mass is 35.5. The molecule has 0 saturated carbocycles. The summed E-state index contributed by atoms with van der Waals surface area (Å²) in [6.07, 6.45) is 3.71. The number of nitrogens with one attached hydrogen (secondary N) is 2. The first kappa shape index (κ1) is 26.5. The third-order valence-electron chi connectivity index (χ3n) is 5.55. The lowest BCUT2D eigenvalue weighted by atomic mass is 10.2. The van der Waals surface area contributed by atoms with E-state index < -0.39 is 0 Å². The lowest BCUT2D eigenvalue weighted by molar-refractivity contribution is -0.111. The number of nitrogens with zero attached hydrogens (tertiary/aromatic N) is 5. The van der Waals surface area contributed by atoms with Crippen LogP contribution in [0, 0.1) is 0 Å². The van der Waals surface area contributed by atoms with Gasteiger partial charge in [0.25, 0.3) is 0 Å². The largest absolute Gasteiger partial charge is 0.494 e. The number of aromatic nitrogens is 2.